The van der Waals surface area contributed by atoms with Crippen molar-refractivity contribution in [2.24, 2.45) is 0 Å². The van der Waals surface area contributed by atoms with E-state index in [9.17, 15) is 45.0 Å². The molecule has 1 aromatic heterocycles. The number of phenols is 2. The van der Waals surface area contributed by atoms with Crippen LogP contribution in [-0.2, 0) is 35.8 Å². The number of aromatic nitrogens is 3. The van der Waals surface area contributed by atoms with E-state index in [0.717, 1.165) is 5.56 Å². The molecule has 4 heterocycles. The molecule has 8 N–H and O–H groups in total. The van der Waals surface area contributed by atoms with E-state index in [0.29, 0.717) is 65.9 Å². The normalized spacial score (nSPS) is 21.0. The van der Waals surface area contributed by atoms with Crippen molar-refractivity contribution in [3.8, 4) is 34.3 Å². The average Bonchev–Trinajstić information content (AvgIpc) is 3.87. The molecule has 4 aromatic carbocycles. The molecule has 63 heavy (non-hydrogen) atoms. The molecule has 1 spiro atoms. The Kier molecular flexibility index (Phi) is 12.3. The topological polar surface area (TPSA) is 264 Å². The summed E-state index contributed by atoms with van der Waals surface area (Å²) in [6, 6.07) is 20.3. The number of benzene rings is 4. The molecule has 18 heteroatoms. The molecule has 0 bridgehead atoms. The number of aliphatic hydroxyl groups excluding tert-OH is 4. The predicted octanol–water partition coefficient (Wildman–Crippen LogP) is 2.94. The first-order chi connectivity index (χ1) is 30.4. The number of ether oxygens (including phenoxy) is 4. The number of rotatable bonds is 15. The maximum absolute atomic E-state index is 14.2. The zero-order valence-corrected chi connectivity index (χ0v) is 33.7. The SMILES string of the molecule is C=CC(=O)NCCCC[C@@H](C(=O)Nc1ccc2c(c1)C(=O)OC21c2ccc(O)cc2Oc2cc(O)ccc21)n1cc(-c2ccc(CCO[C@@H]3O[C@H](CO)[C@@H](O)[C@H](O)[C@H]3O)cc2)nn1. The van der Waals surface area contributed by atoms with Crippen LogP contribution < -0.4 is 15.4 Å². The highest BCUT2D eigenvalue weighted by atomic mass is 16.7. The number of unbranched alkanes of at least 4 members (excludes halogenated alkanes) is 1. The van der Waals surface area contributed by atoms with Crippen LogP contribution in [0.5, 0.6) is 23.0 Å². The van der Waals surface area contributed by atoms with E-state index in [2.05, 4.69) is 27.5 Å². The van der Waals surface area contributed by atoms with Crippen molar-refractivity contribution in [2.75, 3.05) is 25.1 Å². The van der Waals surface area contributed by atoms with E-state index in [1.54, 1.807) is 30.5 Å². The predicted molar refractivity (Wildman–Crippen MR) is 222 cm³/mol. The van der Waals surface area contributed by atoms with Gasteiger partial charge in [-0.05, 0) is 73.7 Å². The third-order valence-corrected chi connectivity index (χ3v) is 11.3. The van der Waals surface area contributed by atoms with E-state index >= 15 is 0 Å². The molecule has 0 aliphatic carbocycles. The van der Waals surface area contributed by atoms with Gasteiger partial charge in [-0.15, -0.1) is 5.10 Å². The summed E-state index contributed by atoms with van der Waals surface area (Å²) in [6.45, 7) is 3.38. The van der Waals surface area contributed by atoms with Crippen LogP contribution in [0.3, 0.4) is 0 Å². The number of hydrogen-bond acceptors (Lipinski definition) is 15. The van der Waals surface area contributed by atoms with Crippen LogP contribution in [0.15, 0.2) is 97.7 Å². The van der Waals surface area contributed by atoms with Crippen molar-refractivity contribution in [2.45, 2.75) is 68.0 Å². The second kappa shape index (κ2) is 18.0. The highest BCUT2D eigenvalue weighted by Crippen LogP contribution is 2.57. The lowest BCUT2D eigenvalue weighted by Gasteiger charge is -2.39. The molecule has 8 rings (SSSR count). The molecule has 2 amide bonds. The third kappa shape index (κ3) is 8.47. The fourth-order valence-electron chi connectivity index (χ4n) is 8.04. The fraction of sp³-hybridized carbons (Fsp3) is 0.311. The molecule has 3 aliphatic heterocycles. The summed E-state index contributed by atoms with van der Waals surface area (Å²) in [5, 5.41) is 74.6. The van der Waals surface area contributed by atoms with Gasteiger partial charge < -0.3 is 60.2 Å². The molecule has 0 radical (unpaired) electrons. The molecular formula is C45H45N5O13. The maximum Gasteiger partial charge on any atom is 0.340 e. The highest BCUT2D eigenvalue weighted by molar-refractivity contribution is 6.00. The Morgan fingerprint density at radius 2 is 1.60 bits per heavy atom. The third-order valence-electron chi connectivity index (χ3n) is 11.3. The number of fused-ring (bicyclic) bond motifs is 6. The lowest BCUT2D eigenvalue weighted by atomic mass is 9.77. The quantitative estimate of drug-likeness (QED) is 0.0427. The molecule has 328 valence electrons. The van der Waals surface area contributed by atoms with Gasteiger partial charge in [-0.25, -0.2) is 9.48 Å². The van der Waals surface area contributed by atoms with E-state index in [4.69, 9.17) is 18.9 Å². The van der Waals surface area contributed by atoms with E-state index < -0.39 is 60.8 Å². The monoisotopic (exact) mass is 863 g/mol. The molecule has 3 aliphatic rings. The number of carbonyl (C=O) groups excluding carboxylic acids is 3. The number of amides is 2. The molecular weight excluding hydrogens is 819 g/mol. The smallest absolute Gasteiger partial charge is 0.340 e. The number of carbonyl (C=O) groups is 3. The largest absolute Gasteiger partial charge is 0.508 e. The number of aromatic hydroxyl groups is 2. The number of anilines is 1. The fourth-order valence-corrected chi connectivity index (χ4v) is 8.04. The van der Waals surface area contributed by atoms with Gasteiger partial charge in [0.1, 0.15) is 59.1 Å². The minimum Gasteiger partial charge on any atom is -0.508 e. The maximum atomic E-state index is 14.2. The summed E-state index contributed by atoms with van der Waals surface area (Å²) >= 11 is 0. The van der Waals surface area contributed by atoms with E-state index in [-0.39, 0.29) is 41.1 Å². The highest BCUT2D eigenvalue weighted by Gasteiger charge is 2.54. The molecule has 0 unspecified atom stereocenters. The van der Waals surface area contributed by atoms with Gasteiger partial charge in [0, 0.05) is 46.6 Å². The summed E-state index contributed by atoms with van der Waals surface area (Å²) in [5.74, 6) is -1.07. The Hall–Kier alpha value is -6.67. The Labute approximate surface area is 359 Å². The van der Waals surface area contributed by atoms with Crippen LogP contribution in [0.25, 0.3) is 11.3 Å². The summed E-state index contributed by atoms with van der Waals surface area (Å²) < 4.78 is 24.7. The van der Waals surface area contributed by atoms with Crippen molar-refractivity contribution in [3.63, 3.8) is 0 Å². The van der Waals surface area contributed by atoms with Gasteiger partial charge in [-0.2, -0.15) is 0 Å². The van der Waals surface area contributed by atoms with Crippen LogP contribution >= 0.6 is 0 Å². The Morgan fingerprint density at radius 1 is 0.905 bits per heavy atom. The molecule has 6 atom stereocenters. The summed E-state index contributed by atoms with van der Waals surface area (Å²) in [5.41, 5.74) is 2.48. The molecule has 1 saturated heterocycles. The Morgan fingerprint density at radius 3 is 2.29 bits per heavy atom. The van der Waals surface area contributed by atoms with Gasteiger partial charge in [0.15, 0.2) is 11.9 Å². The van der Waals surface area contributed by atoms with Crippen LogP contribution in [0.2, 0.25) is 0 Å². The molecule has 1 fully saturated rings. The molecule has 0 saturated carbocycles. The number of aliphatic hydroxyl groups is 4. The minimum absolute atomic E-state index is 0.0696. The van der Waals surface area contributed by atoms with E-state index in [1.165, 1.54) is 41.1 Å². The standard InChI is InChI=1S/C45H45N5O13/c1-2-38(54)46-17-4-3-5-34(50-22-33(48-49-50)25-8-6-24(7-9-25)16-18-60-44-41(57)40(56)39(55)37(23-51)62-44)42(58)47-26-10-13-30-29(19-26)43(59)63-45(30)31-14-11-27(52)20-35(31)61-36-21-28(53)12-15-32(36)45/h2,6-15,19-22,34,37,39-41,44,51-53,55-57H,1,3-5,16-18,23H2,(H,46,54)(H,47,58)/t34-,37+,39+,40-,41+,44+/m0/s1. The van der Waals surface area contributed by atoms with Crippen molar-refractivity contribution in [1.29, 1.82) is 0 Å². The van der Waals surface area contributed by atoms with E-state index in [1.807, 2.05) is 24.3 Å². The van der Waals surface area contributed by atoms with Crippen LogP contribution in [0, 0.1) is 0 Å². The summed E-state index contributed by atoms with van der Waals surface area (Å²) in [7, 11) is 0. The average molecular weight is 864 g/mol. The second-order valence-corrected chi connectivity index (χ2v) is 15.4. The summed E-state index contributed by atoms with van der Waals surface area (Å²) in [6.07, 6.45) is -2.19. The van der Waals surface area contributed by atoms with Crippen molar-refractivity contribution < 1.29 is 64.0 Å². The minimum atomic E-state index is -1.54. The van der Waals surface area contributed by atoms with Crippen molar-refractivity contribution >= 4 is 23.5 Å². The van der Waals surface area contributed by atoms with Crippen molar-refractivity contribution in [3.05, 3.63) is 126 Å². The first-order valence-electron chi connectivity index (χ1n) is 20.3. The lowest BCUT2D eigenvalue weighted by molar-refractivity contribution is -0.300. The Balaban J connectivity index is 0.990. The summed E-state index contributed by atoms with van der Waals surface area (Å²) in [4.78, 5) is 39.6. The number of nitrogens with one attached hydrogen (secondary N) is 2. The van der Waals surface area contributed by atoms with Gasteiger partial charge in [0.2, 0.25) is 11.8 Å². The van der Waals surface area contributed by atoms with Crippen molar-refractivity contribution in [1.82, 2.24) is 20.3 Å². The van der Waals surface area contributed by atoms with Gasteiger partial charge in [-0.1, -0.05) is 42.1 Å². The van der Waals surface area contributed by atoms with Gasteiger partial charge >= 0.3 is 5.97 Å². The molecule has 5 aromatic rings. The number of esters is 1. The number of hydrogen-bond donors (Lipinski definition) is 8. The Bertz CT molecular complexity index is 2470. The second-order valence-electron chi connectivity index (χ2n) is 15.4. The number of phenolic OH excluding ortho intramolecular Hbond substituents is 2. The van der Waals surface area contributed by atoms with Gasteiger partial charge in [0.25, 0.3) is 0 Å². The zero-order chi connectivity index (χ0) is 44.4. The van der Waals surface area contributed by atoms with Gasteiger partial charge in [0.05, 0.1) is 25.0 Å². The first kappa shape index (κ1) is 43.0. The van der Waals surface area contributed by atoms with Crippen LogP contribution in [0.4, 0.5) is 5.69 Å². The first-order valence-corrected chi connectivity index (χ1v) is 20.3. The van der Waals surface area contributed by atoms with Crippen LogP contribution in [0.1, 0.15) is 57.9 Å². The number of nitrogens with zero attached hydrogens (tertiary/aromatic N) is 3. The zero-order valence-electron chi connectivity index (χ0n) is 33.7. The van der Waals surface area contributed by atoms with Crippen LogP contribution in [-0.4, -0.2) is 114 Å². The lowest BCUT2D eigenvalue weighted by Crippen LogP contribution is -2.59. The van der Waals surface area contributed by atoms with Gasteiger partial charge in [-0.3, -0.25) is 9.59 Å². The molecule has 18 nitrogen and oxygen atoms in total.